The molecule has 10 heavy (non-hydrogen) atoms. The van der Waals surface area contributed by atoms with Crippen LogP contribution in [-0.2, 0) is 10.8 Å². The number of rotatable bonds is 5. The molecule has 5 heteroatoms. The van der Waals surface area contributed by atoms with Gasteiger partial charge in [0.1, 0.15) is 0 Å². The summed E-state index contributed by atoms with van der Waals surface area (Å²) in [5, 5.41) is 3.35. The van der Waals surface area contributed by atoms with Gasteiger partial charge < -0.3 is 0 Å². The van der Waals surface area contributed by atoms with Gasteiger partial charge >= 0.3 is 0 Å². The normalized spacial score (nSPS) is 12.1. The SMILES string of the molecule is C[S@@](=O)CCCCN=[N+]=[N-]. The molecule has 0 aliphatic rings. The third-order valence-corrected chi connectivity index (χ3v) is 1.87. The van der Waals surface area contributed by atoms with Crippen LogP contribution in [0.5, 0.6) is 0 Å². The van der Waals surface area contributed by atoms with Crippen molar-refractivity contribution < 1.29 is 4.21 Å². The zero-order valence-corrected chi connectivity index (χ0v) is 6.80. The predicted octanol–water partition coefficient (Wildman–Crippen LogP) is 1.46. The van der Waals surface area contributed by atoms with Crippen LogP contribution in [0, 0.1) is 0 Å². The number of hydrogen-bond acceptors (Lipinski definition) is 2. The Bertz CT molecular complexity index is 149. The Hall–Kier alpha value is -0.540. The lowest BCUT2D eigenvalue weighted by Gasteiger charge is -1.92. The van der Waals surface area contributed by atoms with E-state index in [0.717, 1.165) is 12.8 Å². The highest BCUT2D eigenvalue weighted by Crippen LogP contribution is 1.91. The second-order valence-corrected chi connectivity index (χ2v) is 3.49. The van der Waals surface area contributed by atoms with E-state index >= 15 is 0 Å². The van der Waals surface area contributed by atoms with Gasteiger partial charge in [-0.25, -0.2) is 0 Å². The second kappa shape index (κ2) is 6.58. The summed E-state index contributed by atoms with van der Waals surface area (Å²) in [6.07, 6.45) is 3.39. The zero-order valence-electron chi connectivity index (χ0n) is 5.99. The lowest BCUT2D eigenvalue weighted by Crippen LogP contribution is -1.94. The van der Waals surface area contributed by atoms with E-state index < -0.39 is 10.8 Å². The molecule has 0 aromatic carbocycles. The Morgan fingerprint density at radius 1 is 1.60 bits per heavy atom. The Labute approximate surface area is 62.7 Å². The molecular formula is C5H11N3OS. The van der Waals surface area contributed by atoms with Crippen LogP contribution in [-0.4, -0.2) is 22.8 Å². The minimum absolute atomic E-state index is 0.522. The van der Waals surface area contributed by atoms with Gasteiger partial charge in [-0.05, 0) is 18.4 Å². The first kappa shape index (κ1) is 9.46. The number of hydrogen-bond donors (Lipinski definition) is 0. The Morgan fingerprint density at radius 2 is 2.30 bits per heavy atom. The van der Waals surface area contributed by atoms with Gasteiger partial charge in [0, 0.05) is 34.3 Å². The zero-order chi connectivity index (χ0) is 7.82. The summed E-state index contributed by atoms with van der Waals surface area (Å²) in [4.78, 5) is 2.60. The van der Waals surface area contributed by atoms with Crippen LogP contribution in [0.4, 0.5) is 0 Å². The summed E-state index contributed by atoms with van der Waals surface area (Å²) in [5.41, 5.74) is 7.87. The highest BCUT2D eigenvalue weighted by molar-refractivity contribution is 7.84. The van der Waals surface area contributed by atoms with E-state index in [-0.39, 0.29) is 0 Å². The monoisotopic (exact) mass is 161 g/mol. The topological polar surface area (TPSA) is 65.8 Å². The number of azide groups is 1. The maximum Gasteiger partial charge on any atom is 0.0258 e. The van der Waals surface area contributed by atoms with Gasteiger partial charge in [-0.15, -0.1) is 0 Å². The van der Waals surface area contributed by atoms with Crippen molar-refractivity contribution in [3.8, 4) is 0 Å². The average molecular weight is 161 g/mol. The number of unbranched alkanes of at least 4 members (excludes halogenated alkanes) is 1. The molecule has 0 radical (unpaired) electrons. The van der Waals surface area contributed by atoms with E-state index in [0.29, 0.717) is 12.3 Å². The molecule has 0 N–H and O–H groups in total. The van der Waals surface area contributed by atoms with Gasteiger partial charge in [0.05, 0.1) is 0 Å². The molecule has 4 nitrogen and oxygen atoms in total. The van der Waals surface area contributed by atoms with E-state index in [9.17, 15) is 4.21 Å². The molecule has 1 atom stereocenters. The molecule has 0 amide bonds. The van der Waals surface area contributed by atoms with Gasteiger partial charge in [-0.1, -0.05) is 5.11 Å². The molecule has 0 saturated heterocycles. The summed E-state index contributed by atoms with van der Waals surface area (Å²) in [6.45, 7) is 0.522. The van der Waals surface area contributed by atoms with Gasteiger partial charge in [0.15, 0.2) is 0 Å². The maximum atomic E-state index is 10.5. The van der Waals surface area contributed by atoms with Gasteiger partial charge in [-0.2, -0.15) is 0 Å². The van der Waals surface area contributed by atoms with Crippen molar-refractivity contribution in [2.24, 2.45) is 5.11 Å². The Morgan fingerprint density at radius 3 is 2.80 bits per heavy atom. The van der Waals surface area contributed by atoms with Crippen LogP contribution in [0.2, 0.25) is 0 Å². The van der Waals surface area contributed by atoms with Crippen LogP contribution < -0.4 is 0 Å². The van der Waals surface area contributed by atoms with Crippen LogP contribution in [0.3, 0.4) is 0 Å². The fourth-order valence-electron chi connectivity index (χ4n) is 0.533. The van der Waals surface area contributed by atoms with Crippen molar-refractivity contribution in [3.05, 3.63) is 10.4 Å². The fourth-order valence-corrected chi connectivity index (χ4v) is 1.14. The summed E-state index contributed by atoms with van der Waals surface area (Å²) in [5.74, 6) is 0.709. The van der Waals surface area contributed by atoms with E-state index in [1.54, 1.807) is 6.26 Å². The molecule has 0 spiro atoms. The summed E-state index contributed by atoms with van der Waals surface area (Å²) < 4.78 is 10.5. The van der Waals surface area contributed by atoms with Crippen molar-refractivity contribution in [1.82, 2.24) is 0 Å². The minimum Gasteiger partial charge on any atom is -0.260 e. The Kier molecular flexibility index (Phi) is 6.22. The average Bonchev–Trinajstić information content (AvgIpc) is 1.87. The first-order valence-electron chi connectivity index (χ1n) is 3.08. The highest BCUT2D eigenvalue weighted by atomic mass is 32.2. The summed E-state index contributed by atoms with van der Waals surface area (Å²) >= 11 is 0. The Balaban J connectivity index is 3.05. The van der Waals surface area contributed by atoms with Crippen LogP contribution in [0.15, 0.2) is 5.11 Å². The van der Waals surface area contributed by atoms with Gasteiger partial charge in [0.2, 0.25) is 0 Å². The highest BCUT2D eigenvalue weighted by Gasteiger charge is 1.89. The van der Waals surface area contributed by atoms with Crippen LogP contribution >= 0.6 is 0 Å². The predicted molar refractivity (Wildman–Crippen MR) is 42.2 cm³/mol. The third kappa shape index (κ3) is 7.46. The van der Waals surface area contributed by atoms with Crippen molar-refractivity contribution in [2.45, 2.75) is 12.8 Å². The lowest BCUT2D eigenvalue weighted by atomic mass is 10.3. The van der Waals surface area contributed by atoms with Crippen LogP contribution in [0.1, 0.15) is 12.8 Å². The quantitative estimate of drug-likeness (QED) is 0.260. The fraction of sp³-hybridized carbons (Fsp3) is 1.00. The molecule has 58 valence electrons. The van der Waals surface area contributed by atoms with Crippen molar-refractivity contribution in [2.75, 3.05) is 18.6 Å². The van der Waals surface area contributed by atoms with E-state index in [2.05, 4.69) is 10.0 Å². The molecule has 0 saturated carbocycles. The molecule has 0 aliphatic carbocycles. The van der Waals surface area contributed by atoms with E-state index in [4.69, 9.17) is 5.53 Å². The first-order valence-corrected chi connectivity index (χ1v) is 4.81. The van der Waals surface area contributed by atoms with Crippen molar-refractivity contribution >= 4 is 10.8 Å². The largest absolute Gasteiger partial charge is 0.260 e. The molecule has 0 aromatic heterocycles. The van der Waals surface area contributed by atoms with Gasteiger partial charge in [0.25, 0.3) is 0 Å². The summed E-state index contributed by atoms with van der Waals surface area (Å²) in [7, 11) is -0.706. The van der Waals surface area contributed by atoms with Crippen molar-refractivity contribution in [1.29, 1.82) is 0 Å². The van der Waals surface area contributed by atoms with E-state index in [1.165, 1.54) is 0 Å². The standard InChI is InChI=1S/C5H11N3OS/c1-10(9)5-3-2-4-7-8-6/h2-5H2,1H3/t10-/m1/s1. The lowest BCUT2D eigenvalue weighted by molar-refractivity contribution is 0.682. The minimum atomic E-state index is -0.706. The van der Waals surface area contributed by atoms with Crippen molar-refractivity contribution in [3.63, 3.8) is 0 Å². The molecule has 0 aromatic rings. The molecular weight excluding hydrogens is 150 g/mol. The smallest absolute Gasteiger partial charge is 0.0258 e. The molecule has 0 heterocycles. The third-order valence-electron chi connectivity index (χ3n) is 1.00. The second-order valence-electron chi connectivity index (χ2n) is 1.94. The first-order chi connectivity index (χ1) is 4.77. The van der Waals surface area contributed by atoms with E-state index in [1.807, 2.05) is 0 Å². The number of nitrogens with zero attached hydrogens (tertiary/aromatic N) is 3. The molecule has 0 fully saturated rings. The summed E-state index contributed by atoms with van der Waals surface area (Å²) in [6, 6.07) is 0. The van der Waals surface area contributed by atoms with Crippen LogP contribution in [0.25, 0.3) is 10.4 Å². The molecule has 0 unspecified atom stereocenters. The molecule has 0 rings (SSSR count). The molecule has 0 aliphatic heterocycles. The maximum absolute atomic E-state index is 10.5. The molecule has 0 bridgehead atoms. The van der Waals surface area contributed by atoms with Gasteiger partial charge in [-0.3, -0.25) is 4.21 Å².